The van der Waals surface area contributed by atoms with Gasteiger partial charge >= 0.3 is 0 Å². The Morgan fingerprint density at radius 1 is 1.50 bits per heavy atom. The van der Waals surface area contributed by atoms with Crippen molar-refractivity contribution < 1.29 is 13.5 Å². The van der Waals surface area contributed by atoms with Crippen LogP contribution in [0.2, 0.25) is 0 Å². The summed E-state index contributed by atoms with van der Waals surface area (Å²) in [5, 5.41) is 9.11. The molecule has 0 amide bonds. The van der Waals surface area contributed by atoms with E-state index >= 15 is 0 Å². The maximum Gasteiger partial charge on any atom is 0.209 e. The van der Waals surface area contributed by atoms with Gasteiger partial charge in [-0.1, -0.05) is 20.8 Å². The number of rotatable bonds is 3. The third-order valence-corrected chi connectivity index (χ3v) is 5.74. The Labute approximate surface area is 100 Å². The lowest BCUT2D eigenvalue weighted by atomic mass is 9.96. The highest BCUT2D eigenvalue weighted by Gasteiger charge is 2.24. The second kappa shape index (κ2) is 4.43. The van der Waals surface area contributed by atoms with Gasteiger partial charge in [0.1, 0.15) is 0 Å². The topological polar surface area (TPSA) is 67.3 Å². The molecule has 92 valence electrons. The summed E-state index contributed by atoms with van der Waals surface area (Å²) in [4.78, 5) is 4.85. The Balaban J connectivity index is 3.03. The van der Waals surface area contributed by atoms with Crippen LogP contribution in [0, 0.1) is 0 Å². The van der Waals surface area contributed by atoms with Crippen molar-refractivity contribution >= 4 is 21.2 Å². The number of nitrogens with zero attached hydrogens (tertiary/aromatic N) is 1. The molecule has 0 saturated heterocycles. The molecule has 0 unspecified atom stereocenters. The largest absolute Gasteiger partial charge is 0.392 e. The molecule has 4 nitrogen and oxygen atoms in total. The highest BCUT2D eigenvalue weighted by molar-refractivity contribution is 7.93. The second-order valence-electron chi connectivity index (χ2n) is 4.87. The second-order valence-corrected chi connectivity index (χ2v) is 8.11. The summed E-state index contributed by atoms with van der Waals surface area (Å²) in [6.07, 6.45) is 0.728. The molecule has 6 heteroatoms. The Hall–Kier alpha value is -0.460. The molecule has 0 saturated carbocycles. The van der Waals surface area contributed by atoms with Crippen LogP contribution < -0.4 is 0 Å². The van der Waals surface area contributed by atoms with Gasteiger partial charge in [-0.05, 0) is 12.3 Å². The van der Waals surface area contributed by atoms with Gasteiger partial charge in [-0.3, -0.25) is 0 Å². The lowest BCUT2D eigenvalue weighted by Crippen LogP contribution is -2.17. The maximum atomic E-state index is 11.8. The normalized spacial score (nSPS) is 15.1. The van der Waals surface area contributed by atoms with Gasteiger partial charge in [0.15, 0.2) is 0 Å². The molecule has 0 aliphatic heterocycles. The zero-order valence-corrected chi connectivity index (χ0v) is 11.5. The Bertz CT molecular complexity index is 455. The minimum Gasteiger partial charge on any atom is -0.392 e. The quantitative estimate of drug-likeness (QED) is 0.899. The minimum atomic E-state index is -3.44. The third-order valence-electron chi connectivity index (χ3n) is 1.95. The fraction of sp³-hybridized carbons (Fsp3) is 0.700. The predicted octanol–water partition coefficient (Wildman–Crippen LogP) is 1.60. The van der Waals surface area contributed by atoms with Gasteiger partial charge in [-0.2, -0.15) is 0 Å². The number of aliphatic hydroxyl groups is 1. The summed E-state index contributed by atoms with van der Waals surface area (Å²) >= 11 is 1.18. The molecule has 0 fully saturated rings. The van der Waals surface area contributed by atoms with E-state index in [2.05, 4.69) is 4.98 Å². The molecule has 1 aromatic heterocycles. The van der Waals surface area contributed by atoms with Gasteiger partial charge in [0.05, 0.1) is 11.9 Å². The van der Waals surface area contributed by atoms with Crippen molar-refractivity contribution in [2.75, 3.05) is 5.75 Å². The van der Waals surface area contributed by atoms with Crippen LogP contribution in [0.15, 0.2) is 10.5 Å². The van der Waals surface area contributed by atoms with E-state index in [9.17, 15) is 8.42 Å². The third kappa shape index (κ3) is 3.26. The van der Waals surface area contributed by atoms with E-state index in [4.69, 9.17) is 5.11 Å². The van der Waals surface area contributed by atoms with E-state index in [0.717, 1.165) is 4.88 Å². The molecule has 0 spiro atoms. The molecule has 0 aromatic carbocycles. The van der Waals surface area contributed by atoms with E-state index in [1.165, 1.54) is 18.3 Å². The first-order chi connectivity index (χ1) is 7.13. The number of hydrogen-bond donors (Lipinski definition) is 1. The molecule has 0 bridgehead atoms. The maximum absolute atomic E-state index is 11.8. The first-order valence-electron chi connectivity index (χ1n) is 5.00. The number of hydrogen-bond acceptors (Lipinski definition) is 5. The molecule has 16 heavy (non-hydrogen) atoms. The van der Waals surface area contributed by atoms with Crippen molar-refractivity contribution in [3.8, 4) is 0 Å². The molecule has 1 aromatic rings. The van der Waals surface area contributed by atoms with Crippen molar-refractivity contribution in [2.24, 2.45) is 0 Å². The van der Waals surface area contributed by atoms with Gasteiger partial charge in [0.2, 0.25) is 14.2 Å². The molecule has 1 heterocycles. The summed E-state index contributed by atoms with van der Waals surface area (Å²) in [7, 11) is -3.44. The van der Waals surface area contributed by atoms with E-state index in [0.29, 0.717) is 0 Å². The Morgan fingerprint density at radius 3 is 2.44 bits per heavy atom. The van der Waals surface area contributed by atoms with Gasteiger partial charge < -0.3 is 5.11 Å². The molecular formula is C10H17NO3S2. The lowest BCUT2D eigenvalue weighted by molar-refractivity contribution is 0.218. The zero-order chi connectivity index (χ0) is 12.6. The van der Waals surface area contributed by atoms with Crippen LogP contribution in [-0.4, -0.2) is 30.4 Å². The van der Waals surface area contributed by atoms with Crippen molar-refractivity contribution in [3.05, 3.63) is 11.1 Å². The van der Waals surface area contributed by atoms with E-state index in [1.54, 1.807) is 6.20 Å². The first kappa shape index (κ1) is 13.6. The summed E-state index contributed by atoms with van der Waals surface area (Å²) in [5.74, 6) is -0.274. The number of aliphatic hydroxyl groups excluding tert-OH is 1. The highest BCUT2D eigenvalue weighted by Crippen LogP contribution is 2.30. The van der Waals surface area contributed by atoms with Crippen LogP contribution in [0.5, 0.6) is 0 Å². The summed E-state index contributed by atoms with van der Waals surface area (Å²) in [6, 6.07) is 0. The van der Waals surface area contributed by atoms with E-state index in [-0.39, 0.29) is 15.5 Å². The fourth-order valence-electron chi connectivity index (χ4n) is 1.14. The molecule has 1 rings (SSSR count). The van der Waals surface area contributed by atoms with Gasteiger partial charge in [0, 0.05) is 11.1 Å². The Kier molecular flexibility index (Phi) is 3.76. The summed E-state index contributed by atoms with van der Waals surface area (Å²) < 4.78 is 23.6. The van der Waals surface area contributed by atoms with Gasteiger partial charge in [0.25, 0.3) is 0 Å². The molecule has 1 atom stereocenters. The van der Waals surface area contributed by atoms with Crippen molar-refractivity contribution in [2.45, 2.75) is 43.6 Å². The number of sulfone groups is 1. The van der Waals surface area contributed by atoms with Crippen molar-refractivity contribution in [1.82, 2.24) is 4.98 Å². The van der Waals surface area contributed by atoms with Crippen molar-refractivity contribution in [1.29, 1.82) is 0 Å². The van der Waals surface area contributed by atoms with Crippen LogP contribution in [0.25, 0.3) is 0 Å². The molecule has 1 N–H and O–H groups in total. The average Bonchev–Trinajstić information content (AvgIpc) is 2.47. The average molecular weight is 263 g/mol. The predicted molar refractivity (Wildman–Crippen MR) is 64.5 cm³/mol. The van der Waals surface area contributed by atoms with Crippen LogP contribution in [0.4, 0.5) is 0 Å². The molecule has 0 aliphatic rings. The van der Waals surface area contributed by atoms with Crippen LogP contribution >= 0.6 is 11.3 Å². The number of aromatic nitrogens is 1. The minimum absolute atomic E-state index is 0.0957. The van der Waals surface area contributed by atoms with E-state index < -0.39 is 15.9 Å². The van der Waals surface area contributed by atoms with Crippen LogP contribution in [0.3, 0.4) is 0 Å². The standard InChI is InChI=1S/C10H17NO3S2/c1-7(12)6-16(13,14)9-11-5-8(15-9)10(2,3)4/h5,7,12H,6H2,1-4H3/t7-/m0/s1. The number of thiazole rings is 1. The SMILES string of the molecule is C[C@H](O)CS(=O)(=O)c1ncc(C(C)(C)C)s1. The van der Waals surface area contributed by atoms with E-state index in [1.807, 2.05) is 20.8 Å². The fourth-order valence-corrected chi connectivity index (χ4v) is 3.81. The van der Waals surface area contributed by atoms with Gasteiger partial charge in [-0.25, -0.2) is 13.4 Å². The molecular weight excluding hydrogens is 246 g/mol. The molecule has 0 aliphatic carbocycles. The highest BCUT2D eigenvalue weighted by atomic mass is 32.2. The smallest absolute Gasteiger partial charge is 0.209 e. The van der Waals surface area contributed by atoms with Crippen LogP contribution in [-0.2, 0) is 15.3 Å². The zero-order valence-electron chi connectivity index (χ0n) is 9.89. The summed E-state index contributed by atoms with van der Waals surface area (Å²) in [5.41, 5.74) is -0.101. The Morgan fingerprint density at radius 2 is 2.06 bits per heavy atom. The van der Waals surface area contributed by atoms with Crippen LogP contribution in [0.1, 0.15) is 32.6 Å². The van der Waals surface area contributed by atoms with Crippen molar-refractivity contribution in [3.63, 3.8) is 0 Å². The lowest BCUT2D eigenvalue weighted by Gasteiger charge is -2.14. The summed E-state index contributed by atoms with van der Waals surface area (Å²) in [6.45, 7) is 7.47. The molecule has 0 radical (unpaired) electrons. The van der Waals surface area contributed by atoms with Gasteiger partial charge in [-0.15, -0.1) is 11.3 Å². The first-order valence-corrected chi connectivity index (χ1v) is 7.47. The monoisotopic (exact) mass is 263 g/mol.